The van der Waals surface area contributed by atoms with Crippen LogP contribution in [-0.2, 0) is 0 Å². The van der Waals surface area contributed by atoms with Crippen LogP contribution < -0.4 is 5.32 Å². The maximum absolute atomic E-state index is 3.55. The predicted molar refractivity (Wildman–Crippen MR) is 81.8 cm³/mol. The highest BCUT2D eigenvalue weighted by Gasteiger charge is 2.31. The predicted octanol–water partition coefficient (Wildman–Crippen LogP) is 4.78. The largest absolute Gasteiger partial charge is 0.311 e. The molecule has 0 aromatic carbocycles. The summed E-state index contributed by atoms with van der Waals surface area (Å²) in [6.45, 7) is 10.3. The van der Waals surface area contributed by atoms with E-state index in [1.807, 2.05) is 0 Å². The topological polar surface area (TPSA) is 12.0 Å². The third-order valence-electron chi connectivity index (χ3n) is 4.38. The first kappa shape index (κ1) is 15.8. The summed E-state index contributed by atoms with van der Waals surface area (Å²) in [6, 6.07) is 0.526. The average Bonchev–Trinajstić information content (AvgIpc) is 3.01. The Bertz CT molecular complexity index is 234. The van der Waals surface area contributed by atoms with E-state index < -0.39 is 0 Å². The van der Waals surface area contributed by atoms with E-state index in [4.69, 9.17) is 0 Å². The summed E-state index contributed by atoms with van der Waals surface area (Å²) in [5, 5.41) is 3.55. The minimum atomic E-state index is 0.526. The molecule has 0 saturated heterocycles. The lowest BCUT2D eigenvalue weighted by atomic mass is 9.99. The van der Waals surface area contributed by atoms with Gasteiger partial charge in [-0.2, -0.15) is 0 Å². The molecular weight excluding hydrogens is 218 g/mol. The maximum atomic E-state index is 3.55. The van der Waals surface area contributed by atoms with Gasteiger partial charge in [0.05, 0.1) is 0 Å². The third kappa shape index (κ3) is 7.20. The Morgan fingerprint density at radius 2 is 1.94 bits per heavy atom. The van der Waals surface area contributed by atoms with Crippen molar-refractivity contribution in [3.05, 3.63) is 12.2 Å². The molecule has 1 aliphatic carbocycles. The van der Waals surface area contributed by atoms with Gasteiger partial charge >= 0.3 is 0 Å². The van der Waals surface area contributed by atoms with Gasteiger partial charge in [-0.3, -0.25) is 0 Å². The third-order valence-corrected chi connectivity index (χ3v) is 4.38. The van der Waals surface area contributed by atoms with E-state index in [-0.39, 0.29) is 0 Å². The van der Waals surface area contributed by atoms with Crippen LogP contribution in [0.2, 0.25) is 0 Å². The lowest BCUT2D eigenvalue weighted by Gasteiger charge is -2.14. The van der Waals surface area contributed by atoms with Crippen molar-refractivity contribution < 1.29 is 0 Å². The van der Waals surface area contributed by atoms with Crippen molar-refractivity contribution in [3.63, 3.8) is 0 Å². The number of hydrogen-bond donors (Lipinski definition) is 1. The molecule has 1 heteroatoms. The van der Waals surface area contributed by atoms with Crippen molar-refractivity contribution in [2.75, 3.05) is 6.54 Å². The van der Waals surface area contributed by atoms with Gasteiger partial charge in [0.1, 0.15) is 0 Å². The van der Waals surface area contributed by atoms with E-state index >= 15 is 0 Å². The highest BCUT2D eigenvalue weighted by Crippen LogP contribution is 2.41. The number of rotatable bonds is 10. The van der Waals surface area contributed by atoms with Gasteiger partial charge in [-0.15, -0.1) is 0 Å². The fourth-order valence-corrected chi connectivity index (χ4v) is 2.76. The minimum Gasteiger partial charge on any atom is -0.311 e. The van der Waals surface area contributed by atoms with Crippen LogP contribution in [-0.4, -0.2) is 12.6 Å². The molecule has 0 heterocycles. The van der Waals surface area contributed by atoms with Crippen molar-refractivity contribution in [2.24, 2.45) is 17.8 Å². The van der Waals surface area contributed by atoms with Gasteiger partial charge < -0.3 is 5.32 Å². The summed E-state index contributed by atoms with van der Waals surface area (Å²) >= 11 is 0. The molecule has 0 bridgehead atoms. The van der Waals surface area contributed by atoms with Gasteiger partial charge in [0, 0.05) is 6.04 Å². The Hall–Kier alpha value is -0.300. The van der Waals surface area contributed by atoms with Gasteiger partial charge in [0.2, 0.25) is 0 Å². The molecule has 0 spiro atoms. The number of unbranched alkanes of at least 4 members (excludes halogenated alkanes) is 1. The molecule has 18 heavy (non-hydrogen) atoms. The lowest BCUT2D eigenvalue weighted by molar-refractivity contribution is 0.434. The van der Waals surface area contributed by atoms with E-state index in [1.165, 1.54) is 38.5 Å². The van der Waals surface area contributed by atoms with E-state index in [9.17, 15) is 0 Å². The summed E-state index contributed by atoms with van der Waals surface area (Å²) in [5.74, 6) is 3.01. The van der Waals surface area contributed by atoms with Crippen LogP contribution in [0.1, 0.15) is 66.2 Å². The Kier molecular flexibility index (Phi) is 7.65. The molecular formula is C17H33N. The van der Waals surface area contributed by atoms with Crippen LogP contribution in [0.3, 0.4) is 0 Å². The molecule has 0 radical (unpaired) electrons. The molecule has 3 unspecified atom stereocenters. The zero-order valence-electron chi connectivity index (χ0n) is 12.9. The summed E-state index contributed by atoms with van der Waals surface area (Å²) in [4.78, 5) is 0. The van der Waals surface area contributed by atoms with E-state index in [0.29, 0.717) is 6.04 Å². The SMILES string of the molecule is C/C=C\C(C)NCC[C@@H](C)CCCCC1CC1C. The van der Waals surface area contributed by atoms with Crippen LogP contribution in [0.4, 0.5) is 0 Å². The number of allylic oxidation sites excluding steroid dienone is 1. The average molecular weight is 251 g/mol. The van der Waals surface area contributed by atoms with Crippen LogP contribution in [0.25, 0.3) is 0 Å². The van der Waals surface area contributed by atoms with Gasteiger partial charge in [0.25, 0.3) is 0 Å². The summed E-state index contributed by atoms with van der Waals surface area (Å²) < 4.78 is 0. The summed E-state index contributed by atoms with van der Waals surface area (Å²) in [5.41, 5.74) is 0. The normalized spacial score (nSPS) is 26.4. The Morgan fingerprint density at radius 3 is 2.56 bits per heavy atom. The zero-order chi connectivity index (χ0) is 13.4. The van der Waals surface area contributed by atoms with Crippen LogP contribution >= 0.6 is 0 Å². The van der Waals surface area contributed by atoms with Crippen molar-refractivity contribution in [1.82, 2.24) is 5.32 Å². The zero-order valence-corrected chi connectivity index (χ0v) is 12.9. The van der Waals surface area contributed by atoms with E-state index in [0.717, 1.165) is 24.3 Å². The van der Waals surface area contributed by atoms with Gasteiger partial charge in [0.15, 0.2) is 0 Å². The van der Waals surface area contributed by atoms with Crippen LogP contribution in [0.15, 0.2) is 12.2 Å². The van der Waals surface area contributed by atoms with Crippen molar-refractivity contribution in [1.29, 1.82) is 0 Å². The smallest absolute Gasteiger partial charge is 0.0221 e. The Balaban J connectivity index is 1.88. The molecule has 0 aromatic heterocycles. The Labute approximate surface area is 114 Å². The quantitative estimate of drug-likeness (QED) is 0.435. The van der Waals surface area contributed by atoms with E-state index in [2.05, 4.69) is 45.2 Å². The number of nitrogens with one attached hydrogen (secondary N) is 1. The highest BCUT2D eigenvalue weighted by atomic mass is 14.9. The van der Waals surface area contributed by atoms with Crippen molar-refractivity contribution in [3.8, 4) is 0 Å². The lowest BCUT2D eigenvalue weighted by Crippen LogP contribution is -2.26. The molecule has 1 rings (SSSR count). The molecule has 1 N–H and O–H groups in total. The van der Waals surface area contributed by atoms with Crippen molar-refractivity contribution >= 4 is 0 Å². The Morgan fingerprint density at radius 1 is 1.22 bits per heavy atom. The molecule has 1 aliphatic rings. The molecule has 106 valence electrons. The highest BCUT2D eigenvalue weighted by molar-refractivity contribution is 4.87. The maximum Gasteiger partial charge on any atom is 0.0221 e. The first-order chi connectivity index (χ1) is 8.63. The van der Waals surface area contributed by atoms with Gasteiger partial charge in [-0.1, -0.05) is 51.7 Å². The summed E-state index contributed by atoms with van der Waals surface area (Å²) in [7, 11) is 0. The standard InChI is InChI=1S/C17H33N/c1-5-8-16(4)18-12-11-14(2)9-6-7-10-17-13-15(17)3/h5,8,14-18H,6-7,9-13H2,1-4H3/b8-5-/t14-,15?,16?,17?/m0/s1. The first-order valence-electron chi connectivity index (χ1n) is 7.99. The van der Waals surface area contributed by atoms with E-state index in [1.54, 1.807) is 0 Å². The van der Waals surface area contributed by atoms with Gasteiger partial charge in [-0.25, -0.2) is 0 Å². The van der Waals surface area contributed by atoms with Crippen molar-refractivity contribution in [2.45, 2.75) is 72.3 Å². The molecule has 1 fully saturated rings. The second-order valence-electron chi connectivity index (χ2n) is 6.42. The molecule has 0 aliphatic heterocycles. The second kappa shape index (κ2) is 8.74. The van der Waals surface area contributed by atoms with Crippen LogP contribution in [0, 0.1) is 17.8 Å². The second-order valence-corrected chi connectivity index (χ2v) is 6.42. The fourth-order valence-electron chi connectivity index (χ4n) is 2.76. The first-order valence-corrected chi connectivity index (χ1v) is 7.99. The molecule has 4 atom stereocenters. The summed E-state index contributed by atoms with van der Waals surface area (Å²) in [6.07, 6.45) is 13.0. The molecule has 1 saturated carbocycles. The molecule has 0 amide bonds. The fraction of sp³-hybridized carbons (Fsp3) is 0.882. The van der Waals surface area contributed by atoms with Gasteiger partial charge in [-0.05, 0) is 51.0 Å². The van der Waals surface area contributed by atoms with Crippen LogP contribution in [0.5, 0.6) is 0 Å². The minimum absolute atomic E-state index is 0.526. The monoisotopic (exact) mass is 251 g/mol. The molecule has 1 nitrogen and oxygen atoms in total. The molecule has 0 aromatic rings. The number of hydrogen-bond acceptors (Lipinski definition) is 1.